The van der Waals surface area contributed by atoms with Crippen molar-refractivity contribution < 1.29 is 21.9 Å². The fraction of sp³-hybridized carbons (Fsp3) is 0.188. The average molecular weight is 282 g/mol. The smallest absolute Gasteiger partial charge is 0.299 e. The summed E-state index contributed by atoms with van der Waals surface area (Å²) in [7, 11) is 0. The van der Waals surface area contributed by atoms with Crippen molar-refractivity contribution in [2.75, 3.05) is 0 Å². The van der Waals surface area contributed by atoms with Gasteiger partial charge in [-0.05, 0) is 70.6 Å². The van der Waals surface area contributed by atoms with Gasteiger partial charge in [0.25, 0.3) is 0 Å². The monoisotopic (exact) mass is 282 g/mol. The fourth-order valence-corrected chi connectivity index (χ4v) is 1.43. The largest absolute Gasteiger partial charge is 2.00 e. The van der Waals surface area contributed by atoms with Crippen LogP contribution >= 0.6 is 0 Å². The molecule has 0 N–H and O–H groups in total. The van der Waals surface area contributed by atoms with Gasteiger partial charge in [-0.3, -0.25) is 4.79 Å². The van der Waals surface area contributed by atoms with Gasteiger partial charge in [-0.1, -0.05) is 6.08 Å². The number of carbonyl (C=O) groups excluding carboxylic acids is 1. The molecule has 2 aliphatic carbocycles. The number of hydrogen-bond acceptors (Lipinski definition) is 1. The molecule has 0 spiro atoms. The van der Waals surface area contributed by atoms with Crippen molar-refractivity contribution in [3.8, 4) is 0 Å². The molecule has 0 heterocycles. The minimum atomic E-state index is 0. The van der Waals surface area contributed by atoms with Crippen molar-refractivity contribution in [3.63, 3.8) is 0 Å². The number of carbonyl (C=O) groups is 1. The van der Waals surface area contributed by atoms with Crippen molar-refractivity contribution in [2.45, 2.75) is 19.3 Å². The molecule has 0 atom stereocenters. The molecule has 2 aliphatic rings. The van der Waals surface area contributed by atoms with Gasteiger partial charge in [0.2, 0.25) is 0 Å². The zero-order valence-corrected chi connectivity index (χ0v) is 11.5. The molecule has 0 aromatic rings. The summed E-state index contributed by atoms with van der Waals surface area (Å²) in [6, 6.07) is 0. The quantitative estimate of drug-likeness (QED) is 0.429. The molecule has 94 valence electrons. The summed E-state index contributed by atoms with van der Waals surface area (Å²) in [5, 5.41) is 0. The maximum absolute atomic E-state index is 11.3. The van der Waals surface area contributed by atoms with Crippen molar-refractivity contribution >= 4 is 5.78 Å². The van der Waals surface area contributed by atoms with E-state index in [4.69, 9.17) is 0 Å². The van der Waals surface area contributed by atoms with E-state index in [9.17, 15) is 4.79 Å². The summed E-state index contributed by atoms with van der Waals surface area (Å²) >= 11 is 0. The molecule has 0 aliphatic heterocycles. The van der Waals surface area contributed by atoms with Crippen molar-refractivity contribution in [3.05, 3.63) is 76.4 Å². The van der Waals surface area contributed by atoms with Gasteiger partial charge in [-0.25, -0.2) is 0 Å². The first-order valence-corrected chi connectivity index (χ1v) is 5.87. The van der Waals surface area contributed by atoms with E-state index in [1.54, 1.807) is 0 Å². The minimum Gasteiger partial charge on any atom is -0.299 e. The molecule has 2 fully saturated rings. The number of hydrogen-bond donors (Lipinski definition) is 0. The molecule has 0 saturated heterocycles. The van der Waals surface area contributed by atoms with Crippen molar-refractivity contribution in [1.29, 1.82) is 0 Å². The second-order valence-electron chi connectivity index (χ2n) is 3.74. The minimum absolute atomic E-state index is 0. The third-order valence-electron chi connectivity index (χ3n) is 2.35. The Bertz CT molecular complexity index is 208. The van der Waals surface area contributed by atoms with Crippen LogP contribution in [0.4, 0.5) is 0 Å². The summed E-state index contributed by atoms with van der Waals surface area (Å²) in [6.45, 7) is 3.61. The van der Waals surface area contributed by atoms with E-state index in [1.807, 2.05) is 63.9 Å². The van der Waals surface area contributed by atoms with E-state index in [0.29, 0.717) is 6.42 Å². The van der Waals surface area contributed by atoms with Crippen LogP contribution in [-0.2, 0) is 21.9 Å². The number of rotatable bonds is 5. The summed E-state index contributed by atoms with van der Waals surface area (Å²) in [5.74, 6) is 1.07. The SMILES string of the molecule is C=CCCCC(=O)[C]1[CH][CH][CH][CH]1.[CH]1[CH][CH][CH][CH]1.[Fe+2]. The van der Waals surface area contributed by atoms with E-state index in [2.05, 4.69) is 6.58 Å². The Hall–Kier alpha value is -0.0705. The first-order chi connectivity index (χ1) is 8.34. The molecule has 2 heteroatoms. The normalized spacial score (nSPS) is 18.7. The summed E-state index contributed by atoms with van der Waals surface area (Å²) < 4.78 is 0. The number of Topliss-reactive ketones (excluding diaryl/α,β-unsaturated/α-hetero) is 1. The molecule has 2 rings (SSSR count). The molecule has 0 unspecified atom stereocenters. The van der Waals surface area contributed by atoms with Gasteiger partial charge in [0.1, 0.15) is 5.78 Å². The standard InChI is InChI=1S/C11H13O.C5H5.Fe/c1-2-3-4-9-11(12)10-7-5-6-8-10;1-2-4-5-3-1;/h2,5-8H,1,3-4,9H2;1-5H;/q;;+2. The van der Waals surface area contributed by atoms with Gasteiger partial charge in [-0.15, -0.1) is 6.58 Å². The maximum Gasteiger partial charge on any atom is 2.00 e. The topological polar surface area (TPSA) is 17.1 Å². The molecule has 0 bridgehead atoms. The fourth-order valence-electron chi connectivity index (χ4n) is 1.43. The van der Waals surface area contributed by atoms with E-state index < -0.39 is 0 Å². The molecule has 18 heavy (non-hydrogen) atoms. The van der Waals surface area contributed by atoms with Gasteiger partial charge < -0.3 is 0 Å². The van der Waals surface area contributed by atoms with Crippen LogP contribution in [0.15, 0.2) is 12.7 Å². The van der Waals surface area contributed by atoms with E-state index >= 15 is 0 Å². The van der Waals surface area contributed by atoms with Crippen LogP contribution in [0, 0.1) is 63.7 Å². The van der Waals surface area contributed by atoms with Crippen molar-refractivity contribution in [2.24, 2.45) is 0 Å². The number of unbranched alkanes of at least 4 members (excludes halogenated alkanes) is 1. The molecule has 2 saturated carbocycles. The average Bonchev–Trinajstić information content (AvgIpc) is 3.05. The number of allylic oxidation sites excluding steroid dienone is 1. The Labute approximate surface area is 123 Å². The van der Waals surface area contributed by atoms with Gasteiger partial charge in [0.05, 0.1) is 0 Å². The molecular formula is C16H18FeO+2. The zero-order chi connectivity index (χ0) is 12.3. The Morgan fingerprint density at radius 2 is 1.50 bits per heavy atom. The Balaban J connectivity index is 0.000000405. The van der Waals surface area contributed by atoms with Crippen LogP contribution in [0.1, 0.15) is 19.3 Å². The molecule has 1 nitrogen and oxygen atoms in total. The van der Waals surface area contributed by atoms with E-state index in [0.717, 1.165) is 18.8 Å². The van der Waals surface area contributed by atoms with Gasteiger partial charge >= 0.3 is 17.1 Å². The van der Waals surface area contributed by atoms with Crippen LogP contribution in [0.25, 0.3) is 0 Å². The summed E-state index contributed by atoms with van der Waals surface area (Å²) in [5.41, 5.74) is 0. The Kier molecular flexibility index (Phi) is 11.9. The van der Waals surface area contributed by atoms with E-state index in [-0.39, 0.29) is 22.9 Å². The van der Waals surface area contributed by atoms with Crippen molar-refractivity contribution in [1.82, 2.24) is 0 Å². The van der Waals surface area contributed by atoms with Crippen LogP contribution < -0.4 is 0 Å². The van der Waals surface area contributed by atoms with Crippen LogP contribution in [0.3, 0.4) is 0 Å². The first kappa shape index (κ1) is 17.9. The number of ketones is 1. The van der Waals surface area contributed by atoms with E-state index in [1.165, 1.54) is 0 Å². The summed E-state index contributed by atoms with van der Waals surface area (Å²) in [4.78, 5) is 11.3. The second kappa shape index (κ2) is 12.0. The third kappa shape index (κ3) is 8.11. The van der Waals surface area contributed by atoms with Crippen LogP contribution in [-0.4, -0.2) is 5.78 Å². The van der Waals surface area contributed by atoms with Crippen LogP contribution in [0.5, 0.6) is 0 Å². The third-order valence-corrected chi connectivity index (χ3v) is 2.35. The Morgan fingerprint density at radius 1 is 1.00 bits per heavy atom. The zero-order valence-electron chi connectivity index (χ0n) is 10.4. The first-order valence-electron chi connectivity index (χ1n) is 5.87. The second-order valence-corrected chi connectivity index (χ2v) is 3.74. The van der Waals surface area contributed by atoms with Gasteiger partial charge in [0, 0.05) is 12.3 Å². The molecule has 0 aromatic heterocycles. The molecule has 0 amide bonds. The Morgan fingerprint density at radius 3 is 1.94 bits per heavy atom. The molecule has 0 aromatic carbocycles. The maximum atomic E-state index is 11.3. The van der Waals surface area contributed by atoms with Gasteiger partial charge in [-0.2, -0.15) is 0 Å². The predicted molar refractivity (Wildman–Crippen MR) is 71.0 cm³/mol. The molecule has 10 radical (unpaired) electrons. The van der Waals surface area contributed by atoms with Gasteiger partial charge in [0.15, 0.2) is 0 Å². The predicted octanol–water partition coefficient (Wildman–Crippen LogP) is 3.34. The van der Waals surface area contributed by atoms with Crippen LogP contribution in [0.2, 0.25) is 0 Å². The molecular weight excluding hydrogens is 264 g/mol. The summed E-state index contributed by atoms with van der Waals surface area (Å²) in [6.07, 6.45) is 21.8.